The summed E-state index contributed by atoms with van der Waals surface area (Å²) in [5.74, 6) is -0.276. The number of anilines is 1. The zero-order valence-corrected chi connectivity index (χ0v) is 23.2. The number of aliphatic hydroxyl groups excluding tert-OH is 6. The van der Waals surface area contributed by atoms with Crippen LogP contribution in [0.1, 0.15) is 6.23 Å². The van der Waals surface area contributed by atoms with Crippen molar-refractivity contribution in [1.82, 2.24) is 19.5 Å². The molecule has 0 spiro atoms. The van der Waals surface area contributed by atoms with E-state index in [1.165, 1.54) is 0 Å². The number of H-pyrrole nitrogens is 1. The summed E-state index contributed by atoms with van der Waals surface area (Å²) < 4.78 is 51.6. The van der Waals surface area contributed by atoms with Crippen molar-refractivity contribution in [3.63, 3.8) is 0 Å². The van der Waals surface area contributed by atoms with Gasteiger partial charge in [0.05, 0.1) is 19.5 Å². The van der Waals surface area contributed by atoms with E-state index >= 15 is 0 Å². The summed E-state index contributed by atoms with van der Waals surface area (Å²) in [6.45, 7) is -1.70. The number of nitrogens with one attached hydrogen (secondary N) is 1. The molecule has 27 heteroatoms. The number of nitrogen functional groups attached to an aromatic ring is 1. The van der Waals surface area contributed by atoms with Crippen LogP contribution in [0, 0.1) is 0 Å². The highest BCUT2D eigenvalue weighted by Crippen LogP contribution is 2.66. The number of aldehydes is 1. The molecule has 1 fully saturated rings. The minimum atomic E-state index is -5.73. The molecule has 9 atom stereocenters. The Kier molecular flexibility index (Phi) is 12.2. The van der Waals surface area contributed by atoms with E-state index in [-0.39, 0.29) is 23.4 Å². The van der Waals surface area contributed by atoms with Gasteiger partial charge >= 0.3 is 23.5 Å². The number of aromatic amines is 1. The predicted octanol–water partition coefficient (Wildman–Crippen LogP) is -5.08. The number of hydrogen-bond acceptors (Lipinski definition) is 18. The molecule has 2 aromatic rings. The van der Waals surface area contributed by atoms with Crippen LogP contribution in [-0.2, 0) is 36.4 Å². The van der Waals surface area contributed by atoms with Gasteiger partial charge in [0.25, 0.3) is 5.56 Å². The first kappa shape index (κ1) is 36.1. The molecule has 1 aliphatic rings. The Bertz CT molecular complexity index is 1430. The SMILES string of the molecule is Nc1nc2c(ncn2[C@@H]2O[C@H](COP(=O)(O)OP(=O)(O)OP(=O)(O)O)[C@@H](O)[C@H]2O)c(=O)[nH]1.O=CC(O)C(O)C(O)CO. The molecule has 42 heavy (non-hydrogen) atoms. The molecule has 24 nitrogen and oxygen atoms in total. The number of phosphoric ester groups is 1. The molecule has 13 N–H and O–H groups in total. The van der Waals surface area contributed by atoms with Gasteiger partial charge in [0.1, 0.15) is 36.6 Å². The lowest BCUT2D eigenvalue weighted by Gasteiger charge is -2.19. The van der Waals surface area contributed by atoms with Crippen LogP contribution in [0.4, 0.5) is 5.95 Å². The zero-order valence-electron chi connectivity index (χ0n) is 20.5. The number of fused-ring (bicyclic) bond motifs is 1. The fourth-order valence-corrected chi connectivity index (χ4v) is 6.14. The maximum Gasteiger partial charge on any atom is 0.490 e. The number of carbonyl (C=O) groups is 1. The van der Waals surface area contributed by atoms with E-state index in [4.69, 9.17) is 45.6 Å². The van der Waals surface area contributed by atoms with Crippen LogP contribution in [-0.4, -0.2) is 126 Å². The van der Waals surface area contributed by atoms with Crippen molar-refractivity contribution in [3.8, 4) is 0 Å². The summed E-state index contributed by atoms with van der Waals surface area (Å²) in [7, 11) is -16.8. The minimum Gasteiger partial charge on any atom is -0.394 e. The Morgan fingerprint density at radius 1 is 1.10 bits per heavy atom. The molecule has 0 radical (unpaired) electrons. The van der Waals surface area contributed by atoms with E-state index in [1.54, 1.807) is 0 Å². The molecule has 1 aliphatic heterocycles. The maximum atomic E-state index is 11.9. The van der Waals surface area contributed by atoms with Gasteiger partial charge < -0.3 is 65.5 Å². The van der Waals surface area contributed by atoms with E-state index in [0.29, 0.717) is 0 Å². The highest BCUT2D eigenvalue weighted by molar-refractivity contribution is 7.66. The molecule has 1 saturated heterocycles. The highest BCUT2D eigenvalue weighted by Gasteiger charge is 2.47. The van der Waals surface area contributed by atoms with E-state index in [0.717, 1.165) is 10.9 Å². The third-order valence-electron chi connectivity index (χ3n) is 4.95. The van der Waals surface area contributed by atoms with Gasteiger partial charge in [-0.2, -0.15) is 13.6 Å². The maximum absolute atomic E-state index is 11.9. The molecule has 240 valence electrons. The van der Waals surface area contributed by atoms with Crippen molar-refractivity contribution >= 4 is 46.9 Å². The molecule has 0 amide bonds. The number of aliphatic hydroxyl groups is 6. The molecule has 2 aromatic heterocycles. The minimum absolute atomic E-state index is 0.0869. The average molecular weight is 673 g/mol. The van der Waals surface area contributed by atoms with Crippen molar-refractivity contribution in [3.05, 3.63) is 16.7 Å². The lowest BCUT2D eigenvalue weighted by molar-refractivity contribution is -0.127. The fraction of sp³-hybridized carbons (Fsp3) is 0.600. The summed E-state index contributed by atoms with van der Waals surface area (Å²) >= 11 is 0. The molecule has 3 rings (SSSR count). The highest BCUT2D eigenvalue weighted by atomic mass is 31.3. The summed E-state index contributed by atoms with van der Waals surface area (Å²) in [5, 5.41) is 54.5. The van der Waals surface area contributed by atoms with Gasteiger partial charge in [-0.1, -0.05) is 0 Å². The van der Waals surface area contributed by atoms with Gasteiger partial charge in [0, 0.05) is 0 Å². The summed E-state index contributed by atoms with van der Waals surface area (Å²) in [4.78, 5) is 67.0. The molecular formula is C15H26N5O19P3. The van der Waals surface area contributed by atoms with Crippen molar-refractivity contribution in [1.29, 1.82) is 0 Å². The number of aromatic nitrogens is 4. The Hall–Kier alpha value is -2.05. The lowest BCUT2D eigenvalue weighted by Crippen LogP contribution is -2.40. The van der Waals surface area contributed by atoms with Crippen LogP contribution >= 0.6 is 23.5 Å². The first-order chi connectivity index (χ1) is 19.2. The van der Waals surface area contributed by atoms with Gasteiger partial charge in [-0.3, -0.25) is 18.9 Å². The van der Waals surface area contributed by atoms with Crippen LogP contribution in [0.2, 0.25) is 0 Å². The monoisotopic (exact) mass is 673 g/mol. The van der Waals surface area contributed by atoms with Crippen molar-refractivity contribution in [2.45, 2.75) is 42.9 Å². The summed E-state index contributed by atoms with van der Waals surface area (Å²) in [6.07, 6.45) is -9.96. The number of carbonyl (C=O) groups excluding carboxylic acids is 1. The number of imidazole rings is 1. The van der Waals surface area contributed by atoms with Crippen LogP contribution in [0.3, 0.4) is 0 Å². The smallest absolute Gasteiger partial charge is 0.394 e. The second-order valence-electron chi connectivity index (χ2n) is 8.08. The number of hydrogen-bond donors (Lipinski definition) is 12. The Morgan fingerprint density at radius 3 is 2.26 bits per heavy atom. The third-order valence-corrected chi connectivity index (χ3v) is 8.75. The standard InChI is InChI=1S/C10H16N5O14P3.C5H10O5/c11-10-13-7-4(8(18)14-10)12-2-15(7)9-6(17)5(16)3(27-9)1-26-31(22,23)29-32(24,25)28-30(19,20)21;6-1-3(8)5(10)4(9)2-7/h2-3,5-6,9,16-17H,1H2,(H,22,23)(H,24,25)(H2,19,20,21)(H3,11,13,14,18);1,3-5,7-10H,2H2/t3-,5-,6-,9-;/m1./s1. The topological polar surface area (TPSA) is 397 Å². The lowest BCUT2D eigenvalue weighted by atomic mass is 10.1. The van der Waals surface area contributed by atoms with Crippen LogP contribution < -0.4 is 11.3 Å². The quantitative estimate of drug-likeness (QED) is 0.0740. The largest absolute Gasteiger partial charge is 0.490 e. The van der Waals surface area contributed by atoms with Crippen LogP contribution in [0.25, 0.3) is 11.2 Å². The van der Waals surface area contributed by atoms with Gasteiger partial charge in [-0.05, 0) is 0 Å². The van der Waals surface area contributed by atoms with Gasteiger partial charge in [0.15, 0.2) is 23.7 Å². The van der Waals surface area contributed by atoms with Crippen molar-refractivity contribution in [2.24, 2.45) is 0 Å². The molecule has 0 aromatic carbocycles. The number of ether oxygens (including phenoxy) is 1. The molecule has 0 bridgehead atoms. The Balaban J connectivity index is 0.000000528. The molecule has 0 saturated carbocycles. The van der Waals surface area contributed by atoms with E-state index in [9.17, 15) is 38.4 Å². The van der Waals surface area contributed by atoms with Crippen molar-refractivity contribution < 1.29 is 86.6 Å². The van der Waals surface area contributed by atoms with E-state index in [2.05, 4.69) is 28.1 Å². The first-order valence-corrected chi connectivity index (χ1v) is 15.4. The predicted molar refractivity (Wildman–Crippen MR) is 129 cm³/mol. The first-order valence-electron chi connectivity index (χ1n) is 10.8. The van der Waals surface area contributed by atoms with Crippen molar-refractivity contribution in [2.75, 3.05) is 18.9 Å². The second kappa shape index (κ2) is 14.2. The average Bonchev–Trinajstić information content (AvgIpc) is 3.40. The molecule has 5 unspecified atom stereocenters. The fourth-order valence-electron chi connectivity index (χ4n) is 3.11. The second-order valence-corrected chi connectivity index (χ2v) is 12.5. The normalized spacial score (nSPS) is 26.0. The summed E-state index contributed by atoms with van der Waals surface area (Å²) in [6, 6.07) is 0. The third kappa shape index (κ3) is 9.74. The van der Waals surface area contributed by atoms with E-state index in [1.807, 2.05) is 0 Å². The number of rotatable bonds is 12. The Morgan fingerprint density at radius 2 is 1.71 bits per heavy atom. The van der Waals surface area contributed by atoms with Crippen LogP contribution in [0.15, 0.2) is 11.1 Å². The van der Waals surface area contributed by atoms with E-state index < -0.39 is 85.1 Å². The molecule has 3 heterocycles. The van der Waals surface area contributed by atoms with Gasteiger partial charge in [-0.15, -0.1) is 0 Å². The van der Waals surface area contributed by atoms with Gasteiger partial charge in [0.2, 0.25) is 5.95 Å². The number of phosphoric acid groups is 3. The number of nitrogens with zero attached hydrogens (tertiary/aromatic N) is 3. The zero-order chi connectivity index (χ0) is 32.2. The van der Waals surface area contributed by atoms with Crippen LogP contribution in [0.5, 0.6) is 0 Å². The van der Waals surface area contributed by atoms with Gasteiger partial charge in [-0.25, -0.2) is 18.7 Å². The molecular weight excluding hydrogens is 647 g/mol. The molecule has 0 aliphatic carbocycles. The Labute approximate surface area is 232 Å². The number of nitrogens with two attached hydrogens (primary N) is 1. The summed E-state index contributed by atoms with van der Waals surface area (Å²) in [5.41, 5.74) is 4.50.